The van der Waals surface area contributed by atoms with Gasteiger partial charge in [-0.2, -0.15) is 0 Å². The molecule has 1 N–H and O–H groups in total. The van der Waals surface area contributed by atoms with Crippen LogP contribution in [0.25, 0.3) is 21.7 Å². The number of hydrogen-bond donors (Lipinski definition) is 1. The van der Waals surface area contributed by atoms with Crippen molar-refractivity contribution in [2.45, 2.75) is 59.2 Å². The minimum atomic E-state index is -0.489. The third-order valence-corrected chi connectivity index (χ3v) is 6.24. The quantitative estimate of drug-likeness (QED) is 0.345. The number of hydrogen-bond acceptors (Lipinski definition) is 8. The molecule has 11 heteroatoms. The normalized spacial score (nSPS) is 11.2. The molecule has 0 radical (unpaired) electrons. The van der Waals surface area contributed by atoms with E-state index in [1.54, 1.807) is 17.0 Å². The van der Waals surface area contributed by atoms with Crippen LogP contribution in [0.4, 0.5) is 0 Å². The Balaban J connectivity index is 1.53. The number of carbonyl (C=O) groups is 1. The van der Waals surface area contributed by atoms with E-state index in [1.165, 1.54) is 15.9 Å². The van der Waals surface area contributed by atoms with Gasteiger partial charge in [0.25, 0.3) is 5.56 Å². The van der Waals surface area contributed by atoms with Gasteiger partial charge in [0.15, 0.2) is 11.2 Å². The van der Waals surface area contributed by atoms with E-state index in [-0.39, 0.29) is 13.0 Å². The first-order valence-corrected chi connectivity index (χ1v) is 12.1. The molecular weight excluding hydrogens is 456 g/mol. The lowest BCUT2D eigenvalue weighted by molar-refractivity contribution is -0.144. The lowest BCUT2D eigenvalue weighted by Gasteiger charge is -2.08. The van der Waals surface area contributed by atoms with Gasteiger partial charge in [-0.3, -0.25) is 24.1 Å². The maximum Gasteiger partial charge on any atom is 0.330 e. The lowest BCUT2D eigenvalue weighted by atomic mass is 10.3. The Kier molecular flexibility index (Phi) is 7.31. The minimum Gasteiger partial charge on any atom is -0.457 e. The number of nitrogens with one attached hydrogen (secondary N) is 1. The number of imidazole rings is 1. The first kappa shape index (κ1) is 23.6. The number of pyridine rings is 1. The lowest BCUT2D eigenvalue weighted by Crippen LogP contribution is -2.31. The zero-order valence-electron chi connectivity index (χ0n) is 19.1. The van der Waals surface area contributed by atoms with E-state index in [4.69, 9.17) is 4.74 Å². The summed E-state index contributed by atoms with van der Waals surface area (Å²) in [6.45, 7) is 4.86. The smallest absolute Gasteiger partial charge is 0.330 e. The minimum absolute atomic E-state index is 0.0204. The van der Waals surface area contributed by atoms with Crippen LogP contribution in [0.2, 0.25) is 0 Å². The summed E-state index contributed by atoms with van der Waals surface area (Å²) in [5.74, 6) is -0.0173. The van der Waals surface area contributed by atoms with Crippen molar-refractivity contribution in [1.82, 2.24) is 29.1 Å². The van der Waals surface area contributed by atoms with Gasteiger partial charge in [0.2, 0.25) is 0 Å². The third kappa shape index (κ3) is 4.98. The average molecular weight is 483 g/mol. The maximum atomic E-state index is 12.6. The van der Waals surface area contributed by atoms with Gasteiger partial charge in [-0.05, 0) is 25.0 Å². The molecule has 4 aromatic heterocycles. The van der Waals surface area contributed by atoms with Crippen molar-refractivity contribution in [2.24, 2.45) is 0 Å². The number of carbonyl (C=O) groups excluding carboxylic acids is 1. The number of H-pyrrole nitrogens is 1. The van der Waals surface area contributed by atoms with E-state index in [0.29, 0.717) is 35.8 Å². The summed E-state index contributed by atoms with van der Waals surface area (Å²) in [4.78, 5) is 53.0. The Labute approximate surface area is 199 Å². The Bertz CT molecular complexity index is 1400. The molecule has 4 aromatic rings. The molecule has 10 nitrogen and oxygen atoms in total. The molecule has 0 saturated heterocycles. The second-order valence-electron chi connectivity index (χ2n) is 7.84. The zero-order chi connectivity index (χ0) is 24.1. The van der Waals surface area contributed by atoms with Crippen molar-refractivity contribution in [2.75, 3.05) is 0 Å². The summed E-state index contributed by atoms with van der Waals surface area (Å²) in [5, 5.41) is 2.60. The molecule has 0 spiro atoms. The molecule has 0 aromatic carbocycles. The number of rotatable bonds is 10. The largest absolute Gasteiger partial charge is 0.457 e. The molecule has 34 heavy (non-hydrogen) atoms. The van der Waals surface area contributed by atoms with E-state index in [1.807, 2.05) is 31.4 Å². The van der Waals surface area contributed by atoms with Gasteiger partial charge in [0, 0.05) is 36.4 Å². The maximum absolute atomic E-state index is 12.6. The van der Waals surface area contributed by atoms with Crippen LogP contribution in [0.3, 0.4) is 0 Å². The van der Waals surface area contributed by atoms with Gasteiger partial charge in [0.05, 0.1) is 12.1 Å². The predicted octanol–water partition coefficient (Wildman–Crippen LogP) is 2.90. The van der Waals surface area contributed by atoms with Gasteiger partial charge in [-0.25, -0.2) is 14.8 Å². The standard InChI is InChI=1S/C23H26N6O4S/c1-3-5-10-29-20-19(21(31)27-23(29)32)28(9-4-2)17(26-20)13-33-18(30)11-16-14-34-22(25-16)15-7-6-8-24-12-15/h6-8,12,14H,3-5,9-11,13H2,1-2H3,(H,27,31,32). The van der Waals surface area contributed by atoms with Crippen LogP contribution in [-0.2, 0) is 35.6 Å². The molecule has 178 valence electrons. The van der Waals surface area contributed by atoms with Gasteiger partial charge in [-0.1, -0.05) is 20.3 Å². The van der Waals surface area contributed by atoms with Crippen LogP contribution in [-0.4, -0.2) is 35.0 Å². The molecule has 0 aliphatic carbocycles. The highest BCUT2D eigenvalue weighted by Crippen LogP contribution is 2.23. The Morgan fingerprint density at radius 1 is 1.15 bits per heavy atom. The number of nitrogens with zero attached hydrogens (tertiary/aromatic N) is 5. The second kappa shape index (κ2) is 10.6. The number of esters is 1. The van der Waals surface area contributed by atoms with Gasteiger partial charge in [-0.15, -0.1) is 11.3 Å². The summed E-state index contributed by atoms with van der Waals surface area (Å²) in [6.07, 6.45) is 5.86. The van der Waals surface area contributed by atoms with Crippen LogP contribution in [0.15, 0.2) is 39.5 Å². The highest BCUT2D eigenvalue weighted by atomic mass is 32.1. The van der Waals surface area contributed by atoms with Crippen molar-refractivity contribution >= 4 is 28.5 Å². The van der Waals surface area contributed by atoms with Gasteiger partial charge < -0.3 is 9.30 Å². The van der Waals surface area contributed by atoms with Gasteiger partial charge in [0.1, 0.15) is 17.4 Å². The summed E-state index contributed by atoms with van der Waals surface area (Å²) >= 11 is 1.44. The van der Waals surface area contributed by atoms with Gasteiger partial charge >= 0.3 is 11.7 Å². The molecular formula is C23H26N6O4S. The van der Waals surface area contributed by atoms with Crippen LogP contribution >= 0.6 is 11.3 Å². The third-order valence-electron chi connectivity index (χ3n) is 5.30. The summed E-state index contributed by atoms with van der Waals surface area (Å²) in [7, 11) is 0. The summed E-state index contributed by atoms with van der Waals surface area (Å²) < 4.78 is 8.69. The van der Waals surface area contributed by atoms with E-state index in [0.717, 1.165) is 29.8 Å². The zero-order valence-corrected chi connectivity index (χ0v) is 19.9. The van der Waals surface area contributed by atoms with Crippen LogP contribution in [0.1, 0.15) is 44.6 Å². The predicted molar refractivity (Wildman–Crippen MR) is 129 cm³/mol. The molecule has 0 unspecified atom stereocenters. The number of unbranched alkanes of at least 4 members (excludes halogenated alkanes) is 1. The van der Waals surface area contributed by atoms with Crippen molar-refractivity contribution < 1.29 is 9.53 Å². The topological polar surface area (TPSA) is 125 Å². The van der Waals surface area contributed by atoms with E-state index < -0.39 is 17.2 Å². The second-order valence-corrected chi connectivity index (χ2v) is 8.70. The number of ether oxygens (including phenoxy) is 1. The SMILES string of the molecule is CCCCn1c(=O)[nH]c(=O)c2c1nc(COC(=O)Cc1csc(-c3cccnc3)n1)n2CCC. The van der Waals surface area contributed by atoms with E-state index in [9.17, 15) is 14.4 Å². The fourth-order valence-corrected chi connectivity index (χ4v) is 4.48. The fraction of sp³-hybridized carbons (Fsp3) is 0.391. The first-order valence-electron chi connectivity index (χ1n) is 11.2. The molecule has 0 saturated carbocycles. The number of aromatic nitrogens is 6. The van der Waals surface area contributed by atoms with Crippen molar-refractivity contribution in [3.63, 3.8) is 0 Å². The van der Waals surface area contributed by atoms with E-state index in [2.05, 4.69) is 19.9 Å². The average Bonchev–Trinajstić information content (AvgIpc) is 3.44. The molecule has 4 heterocycles. The molecule has 0 atom stereocenters. The summed E-state index contributed by atoms with van der Waals surface area (Å²) in [5.41, 5.74) is 1.17. The van der Waals surface area contributed by atoms with Crippen molar-refractivity contribution in [3.8, 4) is 10.6 Å². The molecule has 0 fully saturated rings. The first-order chi connectivity index (χ1) is 16.5. The number of aryl methyl sites for hydroxylation is 2. The fourth-order valence-electron chi connectivity index (χ4n) is 3.67. The van der Waals surface area contributed by atoms with E-state index >= 15 is 0 Å². The molecule has 0 amide bonds. The van der Waals surface area contributed by atoms with Crippen LogP contribution < -0.4 is 11.2 Å². The molecule has 4 rings (SSSR count). The Morgan fingerprint density at radius 2 is 2.00 bits per heavy atom. The molecule has 0 aliphatic rings. The van der Waals surface area contributed by atoms with Crippen molar-refractivity contribution in [3.05, 3.63) is 62.3 Å². The monoisotopic (exact) mass is 482 g/mol. The summed E-state index contributed by atoms with van der Waals surface area (Å²) in [6, 6.07) is 3.74. The highest BCUT2D eigenvalue weighted by molar-refractivity contribution is 7.13. The number of fused-ring (bicyclic) bond motifs is 1. The van der Waals surface area contributed by atoms with Crippen LogP contribution in [0.5, 0.6) is 0 Å². The molecule has 0 aliphatic heterocycles. The number of thiazole rings is 1. The van der Waals surface area contributed by atoms with Crippen molar-refractivity contribution in [1.29, 1.82) is 0 Å². The molecule has 0 bridgehead atoms. The van der Waals surface area contributed by atoms with Crippen LogP contribution in [0, 0.1) is 0 Å². The Morgan fingerprint density at radius 3 is 2.74 bits per heavy atom. The highest BCUT2D eigenvalue weighted by Gasteiger charge is 2.19. The Hall–Kier alpha value is -3.60. The number of aromatic amines is 1.